The van der Waals surface area contributed by atoms with Crippen LogP contribution in [0.2, 0.25) is 0 Å². The van der Waals surface area contributed by atoms with E-state index in [-0.39, 0.29) is 17.4 Å². The average molecular weight is 280 g/mol. The molecule has 0 saturated carbocycles. The third-order valence-corrected chi connectivity index (χ3v) is 5.07. The average Bonchev–Trinajstić information content (AvgIpc) is 2.71. The highest BCUT2D eigenvalue weighted by molar-refractivity contribution is 7.15. The van der Waals surface area contributed by atoms with E-state index < -0.39 is 0 Å². The highest BCUT2D eigenvalue weighted by Gasteiger charge is 2.34. The molecule has 1 aromatic rings. The Bertz CT molecular complexity index is 511. The summed E-state index contributed by atoms with van der Waals surface area (Å²) in [6.45, 7) is 6.41. The molecule has 1 amide bonds. The number of nitrogens with zero attached hydrogens (tertiary/aromatic N) is 2. The third-order valence-electron chi connectivity index (χ3n) is 3.78. The van der Waals surface area contributed by atoms with Gasteiger partial charge in [0, 0.05) is 24.0 Å². The van der Waals surface area contributed by atoms with Crippen molar-refractivity contribution in [2.75, 3.05) is 24.5 Å². The standard InChI is InChI=1S/C13H20N4OS/c1-13(2)5-8(14)11-9(6-13)16-12(19-11)17-4-3-15-10(18)7-17/h8H,3-7,14H2,1-2H3,(H,15,18). The maximum Gasteiger partial charge on any atom is 0.239 e. The molecule has 1 aromatic heterocycles. The fourth-order valence-electron chi connectivity index (χ4n) is 2.92. The van der Waals surface area contributed by atoms with Gasteiger partial charge in [0.15, 0.2) is 5.13 Å². The Balaban J connectivity index is 1.88. The first-order valence-electron chi connectivity index (χ1n) is 6.71. The predicted molar refractivity (Wildman–Crippen MR) is 76.4 cm³/mol. The fraction of sp³-hybridized carbons (Fsp3) is 0.692. The summed E-state index contributed by atoms with van der Waals surface area (Å²) in [6.07, 6.45) is 1.98. The summed E-state index contributed by atoms with van der Waals surface area (Å²) in [4.78, 5) is 19.5. The lowest BCUT2D eigenvalue weighted by Crippen LogP contribution is -2.47. The molecule has 2 heterocycles. The first kappa shape index (κ1) is 12.9. The Hall–Kier alpha value is -1.14. The molecule has 1 saturated heterocycles. The Kier molecular flexibility index (Phi) is 3.02. The minimum absolute atomic E-state index is 0.0732. The van der Waals surface area contributed by atoms with Crippen molar-refractivity contribution in [3.8, 4) is 0 Å². The molecule has 3 N–H and O–H groups in total. The number of fused-ring (bicyclic) bond motifs is 1. The summed E-state index contributed by atoms with van der Waals surface area (Å²) in [5.74, 6) is 0.0732. The Morgan fingerprint density at radius 2 is 2.32 bits per heavy atom. The van der Waals surface area contributed by atoms with Crippen molar-refractivity contribution in [1.29, 1.82) is 0 Å². The number of nitrogens with one attached hydrogen (secondary N) is 1. The molecule has 1 aliphatic carbocycles. The lowest BCUT2D eigenvalue weighted by atomic mass is 9.77. The van der Waals surface area contributed by atoms with E-state index in [0.29, 0.717) is 13.1 Å². The van der Waals surface area contributed by atoms with E-state index in [1.54, 1.807) is 11.3 Å². The quantitative estimate of drug-likeness (QED) is 0.806. The van der Waals surface area contributed by atoms with Crippen molar-refractivity contribution in [2.45, 2.75) is 32.7 Å². The molecule has 0 bridgehead atoms. The summed E-state index contributed by atoms with van der Waals surface area (Å²) >= 11 is 1.66. The van der Waals surface area contributed by atoms with Crippen molar-refractivity contribution < 1.29 is 4.79 Å². The molecule has 0 aromatic carbocycles. The van der Waals surface area contributed by atoms with Crippen molar-refractivity contribution in [3.63, 3.8) is 0 Å². The first-order valence-corrected chi connectivity index (χ1v) is 7.53. The van der Waals surface area contributed by atoms with Gasteiger partial charge in [-0.1, -0.05) is 25.2 Å². The van der Waals surface area contributed by atoms with Gasteiger partial charge in [-0.05, 0) is 18.3 Å². The van der Waals surface area contributed by atoms with Crippen molar-refractivity contribution in [2.24, 2.45) is 11.1 Å². The van der Waals surface area contributed by atoms with E-state index in [1.165, 1.54) is 4.88 Å². The summed E-state index contributed by atoms with van der Waals surface area (Å²) in [7, 11) is 0. The van der Waals surface area contributed by atoms with Gasteiger partial charge in [-0.2, -0.15) is 0 Å². The lowest BCUT2D eigenvalue weighted by Gasteiger charge is -2.32. The smallest absolute Gasteiger partial charge is 0.239 e. The van der Waals surface area contributed by atoms with Gasteiger partial charge in [0.05, 0.1) is 12.2 Å². The molecule has 3 rings (SSSR count). The number of piperazine rings is 1. The van der Waals surface area contributed by atoms with E-state index in [2.05, 4.69) is 24.1 Å². The van der Waals surface area contributed by atoms with Crippen LogP contribution in [0.1, 0.15) is 36.9 Å². The molecule has 0 spiro atoms. The predicted octanol–water partition coefficient (Wildman–Crippen LogP) is 1.05. The maximum absolute atomic E-state index is 11.5. The monoisotopic (exact) mass is 280 g/mol. The van der Waals surface area contributed by atoms with Crippen LogP contribution in [-0.4, -0.2) is 30.5 Å². The number of carbonyl (C=O) groups is 1. The molecule has 6 heteroatoms. The number of carbonyl (C=O) groups excluding carboxylic acids is 1. The highest BCUT2D eigenvalue weighted by Crippen LogP contribution is 2.43. The van der Waals surface area contributed by atoms with E-state index in [0.717, 1.165) is 30.2 Å². The van der Waals surface area contributed by atoms with Crippen molar-refractivity contribution in [3.05, 3.63) is 10.6 Å². The minimum atomic E-state index is 0.0732. The molecule has 19 heavy (non-hydrogen) atoms. The van der Waals surface area contributed by atoms with Gasteiger partial charge in [0.2, 0.25) is 5.91 Å². The van der Waals surface area contributed by atoms with Crippen LogP contribution in [0.5, 0.6) is 0 Å². The van der Waals surface area contributed by atoms with Gasteiger partial charge in [0.25, 0.3) is 0 Å². The van der Waals surface area contributed by atoms with E-state index in [4.69, 9.17) is 10.7 Å². The van der Waals surface area contributed by atoms with Crippen molar-refractivity contribution in [1.82, 2.24) is 10.3 Å². The SMILES string of the molecule is CC1(C)Cc2nc(N3CCNC(=O)C3)sc2C(N)C1. The van der Waals surface area contributed by atoms with Crippen LogP contribution in [0.25, 0.3) is 0 Å². The number of anilines is 1. The normalized spacial score (nSPS) is 25.9. The van der Waals surface area contributed by atoms with E-state index in [1.807, 2.05) is 0 Å². The second-order valence-corrected chi connectivity index (χ2v) is 7.24. The first-order chi connectivity index (χ1) is 8.94. The van der Waals surface area contributed by atoms with Crippen molar-refractivity contribution >= 4 is 22.4 Å². The fourth-order valence-corrected chi connectivity index (χ4v) is 4.03. The second kappa shape index (κ2) is 4.45. The maximum atomic E-state index is 11.5. The zero-order valence-electron chi connectivity index (χ0n) is 11.4. The van der Waals surface area contributed by atoms with Crippen LogP contribution in [0.15, 0.2) is 0 Å². The van der Waals surface area contributed by atoms with Gasteiger partial charge < -0.3 is 16.0 Å². The van der Waals surface area contributed by atoms with Gasteiger partial charge in [0.1, 0.15) is 0 Å². The summed E-state index contributed by atoms with van der Waals surface area (Å²) in [6, 6.07) is 0.0867. The van der Waals surface area contributed by atoms with Crippen LogP contribution >= 0.6 is 11.3 Å². The Labute approximate surface area is 117 Å². The van der Waals surface area contributed by atoms with Gasteiger partial charge >= 0.3 is 0 Å². The molecular formula is C13H20N4OS. The van der Waals surface area contributed by atoms with Gasteiger partial charge in [-0.25, -0.2) is 4.98 Å². The van der Waals surface area contributed by atoms with Gasteiger partial charge in [-0.15, -0.1) is 0 Å². The molecular weight excluding hydrogens is 260 g/mol. The van der Waals surface area contributed by atoms with Crippen LogP contribution < -0.4 is 16.0 Å². The number of hydrogen-bond donors (Lipinski definition) is 2. The molecule has 1 atom stereocenters. The highest BCUT2D eigenvalue weighted by atomic mass is 32.1. The minimum Gasteiger partial charge on any atom is -0.353 e. The van der Waals surface area contributed by atoms with Crippen LogP contribution in [0.3, 0.4) is 0 Å². The summed E-state index contributed by atoms with van der Waals surface area (Å²) < 4.78 is 0. The Morgan fingerprint density at radius 1 is 1.53 bits per heavy atom. The molecule has 2 aliphatic rings. The molecule has 1 fully saturated rings. The number of hydrogen-bond acceptors (Lipinski definition) is 5. The number of nitrogens with two attached hydrogens (primary N) is 1. The molecule has 104 valence electrons. The van der Waals surface area contributed by atoms with Gasteiger partial charge in [-0.3, -0.25) is 4.79 Å². The number of rotatable bonds is 1. The molecule has 1 unspecified atom stereocenters. The van der Waals surface area contributed by atoms with E-state index in [9.17, 15) is 4.79 Å². The zero-order valence-corrected chi connectivity index (χ0v) is 12.2. The topological polar surface area (TPSA) is 71.2 Å². The Morgan fingerprint density at radius 3 is 3.05 bits per heavy atom. The van der Waals surface area contributed by atoms with Crippen LogP contribution in [-0.2, 0) is 11.2 Å². The zero-order chi connectivity index (χ0) is 13.6. The molecule has 5 nitrogen and oxygen atoms in total. The van der Waals surface area contributed by atoms with Crippen LogP contribution in [0.4, 0.5) is 5.13 Å². The molecule has 1 aliphatic heterocycles. The van der Waals surface area contributed by atoms with Crippen LogP contribution in [0, 0.1) is 5.41 Å². The second-order valence-electron chi connectivity index (χ2n) is 6.23. The van der Waals surface area contributed by atoms with E-state index >= 15 is 0 Å². The summed E-state index contributed by atoms with van der Waals surface area (Å²) in [5.41, 5.74) is 7.62. The summed E-state index contributed by atoms with van der Waals surface area (Å²) in [5, 5.41) is 3.79. The number of thiazole rings is 1. The third kappa shape index (κ3) is 2.47. The number of amides is 1. The number of aromatic nitrogens is 1. The molecule has 0 radical (unpaired) electrons. The lowest BCUT2D eigenvalue weighted by molar-refractivity contribution is -0.120. The largest absolute Gasteiger partial charge is 0.353 e.